The summed E-state index contributed by atoms with van der Waals surface area (Å²) in [5.74, 6) is 0. The highest BCUT2D eigenvalue weighted by Gasteiger charge is 2.22. The maximum atomic E-state index is 8.81. The van der Waals surface area contributed by atoms with E-state index < -0.39 is 0 Å². The second-order valence-corrected chi connectivity index (χ2v) is 2.88. The Kier molecular flexibility index (Phi) is 1.73. The van der Waals surface area contributed by atoms with Crippen molar-refractivity contribution in [1.29, 1.82) is 10.5 Å². The van der Waals surface area contributed by atoms with Crippen molar-refractivity contribution in [3.63, 3.8) is 0 Å². The molecule has 5 heteroatoms. The van der Waals surface area contributed by atoms with Crippen LogP contribution in [0.25, 0.3) is 0 Å². The normalized spacial score (nSPS) is 15.8. The topological polar surface area (TPSA) is 77.4 Å². The lowest BCUT2D eigenvalue weighted by Gasteiger charge is -2.28. The lowest BCUT2D eigenvalue weighted by Crippen LogP contribution is -2.43. The van der Waals surface area contributed by atoms with Gasteiger partial charge >= 0.3 is 0 Å². The van der Waals surface area contributed by atoms with Crippen molar-refractivity contribution in [3.8, 4) is 12.1 Å². The fraction of sp³-hybridized carbons (Fsp3) is 0.375. The van der Waals surface area contributed by atoms with Crippen molar-refractivity contribution in [1.82, 2.24) is 14.9 Å². The summed E-state index contributed by atoms with van der Waals surface area (Å²) in [6.07, 6.45) is 1.56. The number of aromatic nitrogens is 2. The van der Waals surface area contributed by atoms with Gasteiger partial charge in [0.15, 0.2) is 11.4 Å². The number of imidazole rings is 1. The van der Waals surface area contributed by atoms with E-state index in [1.54, 1.807) is 10.9 Å². The van der Waals surface area contributed by atoms with Crippen molar-refractivity contribution in [2.45, 2.75) is 6.04 Å². The second-order valence-electron chi connectivity index (χ2n) is 2.88. The molecule has 0 bridgehead atoms. The molecule has 0 saturated carbocycles. The predicted molar refractivity (Wildman–Crippen MR) is 43.6 cm³/mol. The molecule has 64 valence electrons. The molecule has 2 rings (SSSR count). The number of nitrogens with one attached hydrogen (secondary N) is 1. The maximum absolute atomic E-state index is 8.81. The van der Waals surface area contributed by atoms with Crippen LogP contribution >= 0.6 is 0 Å². The van der Waals surface area contributed by atoms with E-state index in [1.165, 1.54) is 0 Å². The van der Waals surface area contributed by atoms with Crippen molar-refractivity contribution in [2.24, 2.45) is 0 Å². The maximum Gasteiger partial charge on any atom is 0.176 e. The molecular weight excluding hydrogens is 166 g/mol. The van der Waals surface area contributed by atoms with Crippen molar-refractivity contribution in [2.75, 3.05) is 13.1 Å². The highest BCUT2D eigenvalue weighted by atomic mass is 15.2. The van der Waals surface area contributed by atoms with Crippen LogP contribution in [0.15, 0.2) is 6.33 Å². The molecule has 1 aromatic rings. The molecule has 0 spiro atoms. The summed E-state index contributed by atoms with van der Waals surface area (Å²) < 4.78 is 1.76. The lowest BCUT2D eigenvalue weighted by atomic mass is 10.1. The van der Waals surface area contributed by atoms with Gasteiger partial charge in [-0.15, -0.1) is 0 Å². The number of nitrogens with zero attached hydrogens (tertiary/aromatic N) is 4. The van der Waals surface area contributed by atoms with Crippen molar-refractivity contribution < 1.29 is 0 Å². The average Bonchev–Trinajstić information content (AvgIpc) is 2.44. The molecule has 0 radical (unpaired) electrons. The van der Waals surface area contributed by atoms with E-state index in [4.69, 9.17) is 10.5 Å². The number of rotatable bonds is 1. The molecule has 1 fully saturated rings. The van der Waals surface area contributed by atoms with Gasteiger partial charge in [0.05, 0.1) is 12.4 Å². The summed E-state index contributed by atoms with van der Waals surface area (Å²) >= 11 is 0. The van der Waals surface area contributed by atoms with Crippen LogP contribution in [0.3, 0.4) is 0 Å². The van der Waals surface area contributed by atoms with E-state index >= 15 is 0 Å². The van der Waals surface area contributed by atoms with Gasteiger partial charge in [-0.2, -0.15) is 10.5 Å². The first-order chi connectivity index (χ1) is 6.36. The third kappa shape index (κ3) is 1.07. The molecule has 0 aromatic carbocycles. The van der Waals surface area contributed by atoms with Gasteiger partial charge in [-0.05, 0) is 0 Å². The monoisotopic (exact) mass is 173 g/mol. The van der Waals surface area contributed by atoms with Gasteiger partial charge in [0.25, 0.3) is 0 Å². The Morgan fingerprint density at radius 3 is 2.69 bits per heavy atom. The summed E-state index contributed by atoms with van der Waals surface area (Å²) in [5, 5.41) is 20.5. The summed E-state index contributed by atoms with van der Waals surface area (Å²) in [6, 6.07) is 4.17. The van der Waals surface area contributed by atoms with Crippen molar-refractivity contribution in [3.05, 3.63) is 17.7 Å². The molecule has 0 atom stereocenters. The zero-order valence-corrected chi connectivity index (χ0v) is 6.86. The average molecular weight is 173 g/mol. The molecule has 13 heavy (non-hydrogen) atoms. The van der Waals surface area contributed by atoms with Crippen LogP contribution in [-0.2, 0) is 0 Å². The van der Waals surface area contributed by atoms with E-state index in [0.717, 1.165) is 13.1 Å². The quantitative estimate of drug-likeness (QED) is 0.636. The Balaban J connectivity index is 2.42. The molecule has 0 aliphatic carbocycles. The van der Waals surface area contributed by atoms with Crippen LogP contribution in [0.2, 0.25) is 0 Å². The van der Waals surface area contributed by atoms with Gasteiger partial charge in [-0.25, -0.2) is 4.98 Å². The zero-order chi connectivity index (χ0) is 9.26. The van der Waals surface area contributed by atoms with Gasteiger partial charge < -0.3 is 9.88 Å². The van der Waals surface area contributed by atoms with E-state index in [1.807, 2.05) is 12.1 Å². The molecule has 1 N–H and O–H groups in total. The van der Waals surface area contributed by atoms with Gasteiger partial charge in [0, 0.05) is 13.1 Å². The van der Waals surface area contributed by atoms with Crippen LogP contribution in [0, 0.1) is 22.7 Å². The Hall–Kier alpha value is -1.85. The summed E-state index contributed by atoms with van der Waals surface area (Å²) in [4.78, 5) is 3.86. The zero-order valence-electron chi connectivity index (χ0n) is 6.86. The minimum atomic E-state index is 0.217. The lowest BCUT2D eigenvalue weighted by molar-refractivity contribution is 0.341. The summed E-state index contributed by atoms with van der Waals surface area (Å²) in [7, 11) is 0. The molecule has 1 saturated heterocycles. The van der Waals surface area contributed by atoms with Crippen molar-refractivity contribution >= 4 is 0 Å². The Bertz CT molecular complexity index is 401. The molecule has 5 nitrogen and oxygen atoms in total. The Morgan fingerprint density at radius 2 is 2.23 bits per heavy atom. The van der Waals surface area contributed by atoms with Gasteiger partial charge in [0.2, 0.25) is 0 Å². The number of hydrogen-bond donors (Lipinski definition) is 1. The summed E-state index contributed by atoms with van der Waals surface area (Å²) in [6.45, 7) is 1.69. The molecule has 0 amide bonds. The first-order valence-corrected chi connectivity index (χ1v) is 3.94. The van der Waals surface area contributed by atoms with E-state index in [-0.39, 0.29) is 11.7 Å². The van der Waals surface area contributed by atoms with Crippen LogP contribution < -0.4 is 5.32 Å². The van der Waals surface area contributed by atoms with Gasteiger partial charge in [-0.1, -0.05) is 0 Å². The largest absolute Gasteiger partial charge is 0.316 e. The predicted octanol–water partition coefficient (Wildman–Crippen LogP) is -0.229. The molecular formula is C8H7N5. The second kappa shape index (κ2) is 2.89. The Labute approximate surface area is 75.2 Å². The number of nitriles is 2. The van der Waals surface area contributed by atoms with Crippen LogP contribution in [0.4, 0.5) is 0 Å². The van der Waals surface area contributed by atoms with Crippen LogP contribution in [0.1, 0.15) is 17.4 Å². The van der Waals surface area contributed by atoms with Gasteiger partial charge in [0.1, 0.15) is 12.1 Å². The SMILES string of the molecule is N#Cc1ncn(C2CNC2)c1C#N. The van der Waals surface area contributed by atoms with Gasteiger partial charge in [-0.3, -0.25) is 0 Å². The standard InChI is InChI=1S/C8H7N5/c9-1-7-8(2-10)13(5-12-7)6-3-11-4-6/h5-6,11H,3-4H2. The highest BCUT2D eigenvalue weighted by molar-refractivity contribution is 5.36. The minimum Gasteiger partial charge on any atom is -0.316 e. The number of hydrogen-bond acceptors (Lipinski definition) is 4. The Morgan fingerprint density at radius 1 is 1.46 bits per heavy atom. The fourth-order valence-corrected chi connectivity index (χ4v) is 1.30. The third-order valence-corrected chi connectivity index (χ3v) is 2.16. The smallest absolute Gasteiger partial charge is 0.176 e. The van der Waals surface area contributed by atoms with E-state index in [2.05, 4.69) is 10.3 Å². The van der Waals surface area contributed by atoms with Crippen LogP contribution in [0.5, 0.6) is 0 Å². The first-order valence-electron chi connectivity index (χ1n) is 3.94. The minimum absolute atomic E-state index is 0.217. The molecule has 2 heterocycles. The summed E-state index contributed by atoms with van der Waals surface area (Å²) in [5.41, 5.74) is 0.586. The van der Waals surface area contributed by atoms with Crippen LogP contribution in [-0.4, -0.2) is 22.6 Å². The first kappa shape index (κ1) is 7.78. The van der Waals surface area contributed by atoms with E-state index in [9.17, 15) is 0 Å². The molecule has 1 aliphatic heterocycles. The van der Waals surface area contributed by atoms with E-state index in [0.29, 0.717) is 5.69 Å². The molecule has 1 aliphatic rings. The third-order valence-electron chi connectivity index (χ3n) is 2.16. The highest BCUT2D eigenvalue weighted by Crippen LogP contribution is 2.16. The molecule has 1 aromatic heterocycles. The fourth-order valence-electron chi connectivity index (χ4n) is 1.30. The molecule has 0 unspecified atom stereocenters.